The lowest BCUT2D eigenvalue weighted by atomic mass is 9.78. The lowest BCUT2D eigenvalue weighted by Gasteiger charge is -2.52. The van der Waals surface area contributed by atoms with Crippen LogP contribution in [0.1, 0.15) is 58.8 Å². The van der Waals surface area contributed by atoms with E-state index in [1.165, 1.54) is 32.1 Å². The minimum atomic E-state index is -2.87. The molecule has 1 heterocycles. The second-order valence-electron chi connectivity index (χ2n) is 6.87. The Bertz CT molecular complexity index is 416. The molecule has 1 saturated heterocycles. The Kier molecular flexibility index (Phi) is 6.09. The van der Waals surface area contributed by atoms with Crippen LogP contribution in [0.5, 0.6) is 0 Å². The van der Waals surface area contributed by atoms with Crippen LogP contribution in [-0.4, -0.2) is 56.0 Å². The first-order valence-corrected chi connectivity index (χ1v) is 10.5. The fraction of sp³-hybridized carbons (Fsp3) is 1.00. The first kappa shape index (κ1) is 17.2. The van der Waals surface area contributed by atoms with E-state index in [-0.39, 0.29) is 5.54 Å². The third-order valence-electron chi connectivity index (χ3n) is 5.30. The molecule has 1 saturated carbocycles. The highest BCUT2D eigenvalue weighted by Gasteiger charge is 2.41. The molecule has 1 atom stereocenters. The summed E-state index contributed by atoms with van der Waals surface area (Å²) in [6.07, 6.45) is 8.21. The van der Waals surface area contributed by atoms with E-state index in [1.807, 2.05) is 6.92 Å². The SMILES string of the molecule is CCCS(=O)(=O)CCN1CC(CC)NCC12CCCCC2. The topological polar surface area (TPSA) is 49.4 Å². The number of nitrogens with one attached hydrogen (secondary N) is 1. The molecular weight excluding hydrogens is 284 g/mol. The average molecular weight is 317 g/mol. The molecule has 2 rings (SSSR count). The largest absolute Gasteiger partial charge is 0.311 e. The molecule has 5 heteroatoms. The van der Waals surface area contributed by atoms with Gasteiger partial charge in [-0.25, -0.2) is 8.42 Å². The summed E-state index contributed by atoms with van der Waals surface area (Å²) >= 11 is 0. The van der Waals surface area contributed by atoms with E-state index < -0.39 is 9.84 Å². The molecule has 0 radical (unpaired) electrons. The van der Waals surface area contributed by atoms with Crippen molar-refractivity contribution in [1.29, 1.82) is 0 Å². The van der Waals surface area contributed by atoms with Crippen LogP contribution < -0.4 is 5.32 Å². The van der Waals surface area contributed by atoms with E-state index in [9.17, 15) is 8.42 Å². The molecule has 1 N–H and O–H groups in total. The van der Waals surface area contributed by atoms with Crippen LogP contribution in [-0.2, 0) is 9.84 Å². The Labute approximate surface area is 130 Å². The molecule has 0 aromatic carbocycles. The van der Waals surface area contributed by atoms with Crippen molar-refractivity contribution in [3.8, 4) is 0 Å². The van der Waals surface area contributed by atoms with Gasteiger partial charge in [-0.1, -0.05) is 33.1 Å². The molecule has 1 aliphatic carbocycles. The monoisotopic (exact) mass is 316 g/mol. The quantitative estimate of drug-likeness (QED) is 0.816. The summed E-state index contributed by atoms with van der Waals surface area (Å²) in [6, 6.07) is 0.520. The molecule has 2 fully saturated rings. The van der Waals surface area contributed by atoms with E-state index in [4.69, 9.17) is 0 Å². The third kappa shape index (κ3) is 4.42. The van der Waals surface area contributed by atoms with Crippen LogP contribution in [0.4, 0.5) is 0 Å². The van der Waals surface area contributed by atoms with Gasteiger partial charge in [-0.2, -0.15) is 0 Å². The highest BCUT2D eigenvalue weighted by molar-refractivity contribution is 7.91. The second-order valence-corrected chi connectivity index (χ2v) is 9.17. The molecule has 1 aliphatic heterocycles. The molecular formula is C16H32N2O2S. The molecule has 1 spiro atoms. The summed E-state index contributed by atoms with van der Waals surface area (Å²) in [5.41, 5.74) is 0.228. The van der Waals surface area contributed by atoms with Crippen LogP contribution in [0.15, 0.2) is 0 Å². The van der Waals surface area contributed by atoms with Gasteiger partial charge in [-0.05, 0) is 25.7 Å². The average Bonchev–Trinajstić information content (AvgIpc) is 2.47. The Morgan fingerprint density at radius 3 is 2.48 bits per heavy atom. The van der Waals surface area contributed by atoms with E-state index in [0.717, 1.165) is 32.5 Å². The maximum Gasteiger partial charge on any atom is 0.151 e. The molecule has 1 unspecified atom stereocenters. The van der Waals surface area contributed by atoms with Crippen molar-refractivity contribution in [2.45, 2.75) is 70.4 Å². The van der Waals surface area contributed by atoms with Crippen LogP contribution in [0.3, 0.4) is 0 Å². The number of nitrogens with zero attached hydrogens (tertiary/aromatic N) is 1. The highest BCUT2D eigenvalue weighted by Crippen LogP contribution is 2.35. The highest BCUT2D eigenvalue weighted by atomic mass is 32.2. The van der Waals surface area contributed by atoms with Gasteiger partial charge in [0.25, 0.3) is 0 Å². The van der Waals surface area contributed by atoms with Gasteiger partial charge in [0.05, 0.1) is 5.75 Å². The van der Waals surface area contributed by atoms with E-state index >= 15 is 0 Å². The van der Waals surface area contributed by atoms with Crippen molar-refractivity contribution in [2.24, 2.45) is 0 Å². The zero-order valence-corrected chi connectivity index (χ0v) is 14.6. The Balaban J connectivity index is 2.03. The number of sulfone groups is 1. The fourth-order valence-electron chi connectivity index (χ4n) is 3.94. The van der Waals surface area contributed by atoms with Gasteiger partial charge in [-0.3, -0.25) is 4.90 Å². The summed E-state index contributed by atoms with van der Waals surface area (Å²) < 4.78 is 24.1. The maximum absolute atomic E-state index is 12.1. The second kappa shape index (κ2) is 7.42. The first-order valence-electron chi connectivity index (χ1n) is 8.70. The summed E-state index contributed by atoms with van der Waals surface area (Å²) in [4.78, 5) is 2.52. The zero-order chi connectivity index (χ0) is 15.3. The van der Waals surface area contributed by atoms with Crippen LogP contribution in [0.2, 0.25) is 0 Å². The molecule has 0 aromatic rings. The molecule has 4 nitrogen and oxygen atoms in total. The van der Waals surface area contributed by atoms with Crippen molar-refractivity contribution < 1.29 is 8.42 Å². The van der Waals surface area contributed by atoms with Gasteiger partial charge in [-0.15, -0.1) is 0 Å². The minimum Gasteiger partial charge on any atom is -0.311 e. The lowest BCUT2D eigenvalue weighted by molar-refractivity contribution is 0.0142. The summed E-state index contributed by atoms with van der Waals surface area (Å²) in [5, 5.41) is 3.69. The van der Waals surface area contributed by atoms with Gasteiger partial charge in [0.2, 0.25) is 0 Å². The van der Waals surface area contributed by atoms with E-state index in [2.05, 4.69) is 17.1 Å². The molecule has 124 valence electrons. The predicted octanol–water partition coefficient (Wildman–Crippen LogP) is 2.20. The smallest absolute Gasteiger partial charge is 0.151 e. The minimum absolute atomic E-state index is 0.228. The molecule has 2 aliphatic rings. The Hall–Kier alpha value is -0.130. The van der Waals surface area contributed by atoms with E-state index in [1.54, 1.807) is 0 Å². The van der Waals surface area contributed by atoms with Crippen molar-refractivity contribution in [3.05, 3.63) is 0 Å². The van der Waals surface area contributed by atoms with Crippen molar-refractivity contribution >= 4 is 9.84 Å². The van der Waals surface area contributed by atoms with Crippen molar-refractivity contribution in [1.82, 2.24) is 10.2 Å². The summed E-state index contributed by atoms with van der Waals surface area (Å²) in [7, 11) is -2.87. The van der Waals surface area contributed by atoms with Crippen molar-refractivity contribution in [2.75, 3.05) is 31.1 Å². The first-order chi connectivity index (χ1) is 10.0. The van der Waals surface area contributed by atoms with Crippen LogP contribution in [0, 0.1) is 0 Å². The van der Waals surface area contributed by atoms with Crippen molar-refractivity contribution in [3.63, 3.8) is 0 Å². The fourth-order valence-corrected chi connectivity index (χ4v) is 5.26. The van der Waals surface area contributed by atoms with Gasteiger partial charge in [0.1, 0.15) is 0 Å². The molecule has 0 aromatic heterocycles. The summed E-state index contributed by atoms with van der Waals surface area (Å²) in [6.45, 7) is 6.93. The van der Waals surface area contributed by atoms with Gasteiger partial charge in [0.15, 0.2) is 9.84 Å². The maximum atomic E-state index is 12.1. The van der Waals surface area contributed by atoms with Crippen LogP contribution in [0.25, 0.3) is 0 Å². The lowest BCUT2D eigenvalue weighted by Crippen LogP contribution is -2.65. The standard InChI is InChI=1S/C16H32N2O2S/c1-3-11-21(19,20)12-10-18-13-15(4-2)17-14-16(18)8-6-5-7-9-16/h15,17H,3-14H2,1-2H3. The predicted molar refractivity (Wildman–Crippen MR) is 88.4 cm³/mol. The van der Waals surface area contributed by atoms with Gasteiger partial charge >= 0.3 is 0 Å². The van der Waals surface area contributed by atoms with Gasteiger partial charge in [0, 0.05) is 37.0 Å². The zero-order valence-electron chi connectivity index (χ0n) is 13.7. The number of hydrogen-bond acceptors (Lipinski definition) is 4. The summed E-state index contributed by atoms with van der Waals surface area (Å²) in [5.74, 6) is 0.669. The number of piperazine rings is 1. The Morgan fingerprint density at radius 1 is 1.14 bits per heavy atom. The molecule has 21 heavy (non-hydrogen) atoms. The molecule has 0 bridgehead atoms. The third-order valence-corrected chi connectivity index (χ3v) is 7.13. The molecule has 0 amide bonds. The van der Waals surface area contributed by atoms with Crippen LogP contribution >= 0.6 is 0 Å². The number of rotatable bonds is 6. The Morgan fingerprint density at radius 2 is 1.86 bits per heavy atom. The normalized spacial score (nSPS) is 27.0. The number of hydrogen-bond donors (Lipinski definition) is 1. The van der Waals surface area contributed by atoms with E-state index in [0.29, 0.717) is 17.5 Å². The van der Waals surface area contributed by atoms with Gasteiger partial charge < -0.3 is 5.32 Å².